The second kappa shape index (κ2) is 3.45. The zero-order valence-corrected chi connectivity index (χ0v) is 5.79. The Morgan fingerprint density at radius 3 is 2.11 bits per heavy atom. The molecule has 3 N–H and O–H groups in total. The molecule has 0 saturated heterocycles. The monoisotopic (exact) mass is 131 g/mol. The number of carboxylic acid groups (broad SMARTS) is 1. The van der Waals surface area contributed by atoms with E-state index in [2.05, 4.69) is 0 Å². The van der Waals surface area contributed by atoms with E-state index < -0.39 is 5.97 Å². The standard InChI is InChI=1S/C6H13NO2/c1-4(2)5(3-7)6(8)9/h4-5H,3,7H2,1-2H3,(H,8,9)/t5-/m1/s1. The van der Waals surface area contributed by atoms with Crippen molar-refractivity contribution in [2.45, 2.75) is 13.8 Å². The maximum atomic E-state index is 10.3. The summed E-state index contributed by atoms with van der Waals surface area (Å²) in [7, 11) is 0. The third kappa shape index (κ3) is 2.46. The Balaban J connectivity index is 3.83. The van der Waals surface area contributed by atoms with E-state index in [4.69, 9.17) is 10.8 Å². The Bertz CT molecular complexity index is 101. The van der Waals surface area contributed by atoms with Gasteiger partial charge >= 0.3 is 5.97 Å². The summed E-state index contributed by atoms with van der Waals surface area (Å²) in [5, 5.41) is 8.46. The molecule has 0 amide bonds. The predicted molar refractivity (Wildman–Crippen MR) is 35.0 cm³/mol. The minimum atomic E-state index is -0.799. The minimum absolute atomic E-state index is 0.132. The number of hydrogen-bond acceptors (Lipinski definition) is 2. The van der Waals surface area contributed by atoms with Gasteiger partial charge in [-0.3, -0.25) is 4.79 Å². The van der Waals surface area contributed by atoms with Gasteiger partial charge in [0, 0.05) is 6.54 Å². The van der Waals surface area contributed by atoms with E-state index in [-0.39, 0.29) is 18.4 Å². The highest BCUT2D eigenvalue weighted by molar-refractivity contribution is 5.70. The second-order valence-corrected chi connectivity index (χ2v) is 2.42. The Kier molecular flexibility index (Phi) is 3.24. The summed E-state index contributed by atoms with van der Waals surface area (Å²) in [6.45, 7) is 3.93. The lowest BCUT2D eigenvalue weighted by Gasteiger charge is -2.12. The quantitative estimate of drug-likeness (QED) is 0.579. The Morgan fingerprint density at radius 1 is 1.67 bits per heavy atom. The number of rotatable bonds is 3. The van der Waals surface area contributed by atoms with Crippen LogP contribution in [0.5, 0.6) is 0 Å². The topological polar surface area (TPSA) is 63.3 Å². The van der Waals surface area contributed by atoms with Crippen LogP contribution in [-0.4, -0.2) is 17.6 Å². The van der Waals surface area contributed by atoms with Gasteiger partial charge in [-0.2, -0.15) is 0 Å². The summed E-state index contributed by atoms with van der Waals surface area (Å²) in [6.07, 6.45) is 0. The van der Waals surface area contributed by atoms with Crippen LogP contribution in [0.2, 0.25) is 0 Å². The lowest BCUT2D eigenvalue weighted by molar-refractivity contribution is -0.142. The maximum absolute atomic E-state index is 10.3. The third-order valence-corrected chi connectivity index (χ3v) is 1.38. The van der Waals surface area contributed by atoms with Gasteiger partial charge in [0.1, 0.15) is 0 Å². The maximum Gasteiger partial charge on any atom is 0.308 e. The Hall–Kier alpha value is -0.570. The van der Waals surface area contributed by atoms with Crippen molar-refractivity contribution in [3.8, 4) is 0 Å². The lowest BCUT2D eigenvalue weighted by atomic mass is 9.97. The predicted octanol–water partition coefficient (Wildman–Crippen LogP) is 0.302. The highest BCUT2D eigenvalue weighted by Gasteiger charge is 2.18. The first-order valence-electron chi connectivity index (χ1n) is 3.02. The van der Waals surface area contributed by atoms with Crippen LogP contribution in [0.25, 0.3) is 0 Å². The van der Waals surface area contributed by atoms with Gasteiger partial charge < -0.3 is 10.8 Å². The number of aliphatic carboxylic acids is 1. The molecule has 0 aromatic carbocycles. The fraction of sp³-hybridized carbons (Fsp3) is 0.833. The van der Waals surface area contributed by atoms with E-state index in [1.807, 2.05) is 13.8 Å². The summed E-state index contributed by atoms with van der Waals surface area (Å²) in [6, 6.07) is 0. The molecule has 0 aliphatic rings. The normalized spacial score (nSPS) is 13.8. The average molecular weight is 131 g/mol. The first-order valence-corrected chi connectivity index (χ1v) is 3.02. The zero-order valence-electron chi connectivity index (χ0n) is 5.79. The number of carboxylic acids is 1. The van der Waals surface area contributed by atoms with Crippen LogP contribution in [-0.2, 0) is 4.79 Å². The smallest absolute Gasteiger partial charge is 0.308 e. The van der Waals surface area contributed by atoms with Crippen LogP contribution >= 0.6 is 0 Å². The van der Waals surface area contributed by atoms with Crippen LogP contribution in [0.1, 0.15) is 13.8 Å². The summed E-state index contributed by atoms with van der Waals surface area (Å²) < 4.78 is 0. The number of hydrogen-bond donors (Lipinski definition) is 2. The summed E-state index contributed by atoms with van der Waals surface area (Å²) in [4.78, 5) is 10.3. The molecular formula is C6H13NO2. The fourth-order valence-corrected chi connectivity index (χ4v) is 0.658. The third-order valence-electron chi connectivity index (χ3n) is 1.38. The molecule has 0 aromatic heterocycles. The van der Waals surface area contributed by atoms with Crippen molar-refractivity contribution in [1.82, 2.24) is 0 Å². The molecule has 0 fully saturated rings. The van der Waals surface area contributed by atoms with Crippen molar-refractivity contribution in [3.05, 3.63) is 0 Å². The fourth-order valence-electron chi connectivity index (χ4n) is 0.658. The summed E-state index contributed by atoms with van der Waals surface area (Å²) >= 11 is 0. The van der Waals surface area contributed by atoms with Crippen LogP contribution in [0, 0.1) is 11.8 Å². The van der Waals surface area contributed by atoms with Crippen LogP contribution in [0.15, 0.2) is 0 Å². The molecule has 0 aliphatic heterocycles. The van der Waals surface area contributed by atoms with Gasteiger partial charge in [-0.25, -0.2) is 0 Å². The van der Waals surface area contributed by atoms with Crippen molar-refractivity contribution in [2.24, 2.45) is 17.6 Å². The van der Waals surface area contributed by atoms with Gasteiger partial charge in [0.15, 0.2) is 0 Å². The van der Waals surface area contributed by atoms with E-state index in [0.717, 1.165) is 0 Å². The molecule has 54 valence electrons. The molecule has 0 unspecified atom stereocenters. The first-order chi connectivity index (χ1) is 4.09. The van der Waals surface area contributed by atoms with Crippen LogP contribution < -0.4 is 5.73 Å². The van der Waals surface area contributed by atoms with Crippen molar-refractivity contribution >= 4 is 5.97 Å². The first kappa shape index (κ1) is 8.43. The molecule has 0 radical (unpaired) electrons. The summed E-state index contributed by atoms with van der Waals surface area (Å²) in [5.41, 5.74) is 5.19. The number of carbonyl (C=O) groups is 1. The van der Waals surface area contributed by atoms with E-state index in [0.29, 0.717) is 0 Å². The van der Waals surface area contributed by atoms with Crippen molar-refractivity contribution in [3.63, 3.8) is 0 Å². The van der Waals surface area contributed by atoms with Gasteiger partial charge in [0.05, 0.1) is 5.92 Å². The molecular weight excluding hydrogens is 118 g/mol. The highest BCUT2D eigenvalue weighted by Crippen LogP contribution is 2.07. The minimum Gasteiger partial charge on any atom is -0.481 e. The van der Waals surface area contributed by atoms with E-state index in [1.54, 1.807) is 0 Å². The molecule has 9 heavy (non-hydrogen) atoms. The Morgan fingerprint density at radius 2 is 2.11 bits per heavy atom. The van der Waals surface area contributed by atoms with Crippen molar-refractivity contribution in [1.29, 1.82) is 0 Å². The molecule has 0 aliphatic carbocycles. The lowest BCUT2D eigenvalue weighted by Crippen LogP contribution is -2.27. The van der Waals surface area contributed by atoms with E-state index >= 15 is 0 Å². The van der Waals surface area contributed by atoms with E-state index in [9.17, 15) is 4.79 Å². The van der Waals surface area contributed by atoms with Gasteiger partial charge in [0.25, 0.3) is 0 Å². The molecule has 0 rings (SSSR count). The molecule has 0 aromatic rings. The number of nitrogens with two attached hydrogens (primary N) is 1. The zero-order chi connectivity index (χ0) is 7.44. The molecule has 0 bridgehead atoms. The second-order valence-electron chi connectivity index (χ2n) is 2.42. The average Bonchev–Trinajstić information content (AvgIpc) is 1.64. The van der Waals surface area contributed by atoms with Crippen molar-refractivity contribution in [2.75, 3.05) is 6.54 Å². The highest BCUT2D eigenvalue weighted by atomic mass is 16.4. The van der Waals surface area contributed by atoms with Gasteiger partial charge in [0.2, 0.25) is 0 Å². The van der Waals surface area contributed by atoms with Crippen molar-refractivity contribution < 1.29 is 9.90 Å². The SMILES string of the molecule is CC(C)[C@@H](CN)C(=O)O. The van der Waals surface area contributed by atoms with Gasteiger partial charge in [-0.15, -0.1) is 0 Å². The van der Waals surface area contributed by atoms with Gasteiger partial charge in [-0.1, -0.05) is 13.8 Å². The molecule has 0 saturated carbocycles. The van der Waals surface area contributed by atoms with Crippen LogP contribution in [0.4, 0.5) is 0 Å². The molecule has 0 heterocycles. The Labute approximate surface area is 54.9 Å². The summed E-state index contributed by atoms with van der Waals surface area (Å²) in [5.74, 6) is -1.05. The molecule has 3 heteroatoms. The van der Waals surface area contributed by atoms with Crippen LogP contribution in [0.3, 0.4) is 0 Å². The van der Waals surface area contributed by atoms with Gasteiger partial charge in [-0.05, 0) is 5.92 Å². The molecule has 3 nitrogen and oxygen atoms in total. The molecule has 1 atom stereocenters. The molecule has 0 spiro atoms. The largest absolute Gasteiger partial charge is 0.481 e. The van der Waals surface area contributed by atoms with E-state index in [1.165, 1.54) is 0 Å².